The summed E-state index contributed by atoms with van der Waals surface area (Å²) < 4.78 is 5.55. The largest absolute Gasteiger partial charge is 0.497 e. The summed E-state index contributed by atoms with van der Waals surface area (Å²) in [5.41, 5.74) is 4.21. The van der Waals surface area contributed by atoms with Crippen molar-refractivity contribution >= 4 is 11.6 Å². The molecular formula is C26H30O3. The molecule has 0 unspecified atom stereocenters. The molecule has 5 aliphatic carbocycles. The highest BCUT2D eigenvalue weighted by atomic mass is 16.5. The minimum Gasteiger partial charge on any atom is -0.497 e. The number of rotatable bonds is 1. The SMILES string of the molecule is COc1ccc2c(c1)C[C@]13CCC(=O)C=C1CC[C@@H]1[C@@H]3[C@@H]2C[C@]2(C)C(=O)CC[C@@H]12. The number of hydrogen-bond acceptors (Lipinski definition) is 3. The first-order valence-corrected chi connectivity index (χ1v) is 11.4. The number of hydrogen-bond donors (Lipinski definition) is 0. The summed E-state index contributed by atoms with van der Waals surface area (Å²) in [4.78, 5) is 25.3. The molecule has 0 saturated heterocycles. The van der Waals surface area contributed by atoms with E-state index in [0.717, 1.165) is 50.7 Å². The third kappa shape index (κ3) is 2.20. The van der Waals surface area contributed by atoms with E-state index in [1.54, 1.807) is 7.11 Å². The molecule has 6 atom stereocenters. The molecule has 0 aliphatic heterocycles. The van der Waals surface area contributed by atoms with E-state index in [1.807, 2.05) is 6.08 Å². The normalized spacial score (nSPS) is 42.3. The van der Waals surface area contributed by atoms with Gasteiger partial charge in [0.2, 0.25) is 0 Å². The Bertz CT molecular complexity index is 959. The second kappa shape index (κ2) is 5.83. The number of methoxy groups -OCH3 is 1. The summed E-state index contributed by atoms with van der Waals surface area (Å²) in [6.45, 7) is 2.27. The Morgan fingerprint density at radius 2 is 1.97 bits per heavy atom. The van der Waals surface area contributed by atoms with Crippen molar-refractivity contribution in [2.45, 2.75) is 64.2 Å². The molecule has 0 heterocycles. The molecule has 0 radical (unpaired) electrons. The fourth-order valence-corrected chi connectivity index (χ4v) is 8.49. The number of carbonyl (C=O) groups excluding carboxylic acids is 2. The Balaban J connectivity index is 1.57. The van der Waals surface area contributed by atoms with E-state index in [2.05, 4.69) is 25.1 Å². The van der Waals surface area contributed by atoms with Crippen molar-refractivity contribution in [2.75, 3.05) is 7.11 Å². The highest BCUT2D eigenvalue weighted by molar-refractivity contribution is 5.92. The van der Waals surface area contributed by atoms with Crippen LogP contribution in [0.2, 0.25) is 0 Å². The molecule has 3 nitrogen and oxygen atoms in total. The summed E-state index contributed by atoms with van der Waals surface area (Å²) in [5.74, 6) is 3.89. The molecule has 3 fully saturated rings. The van der Waals surface area contributed by atoms with E-state index in [4.69, 9.17) is 4.74 Å². The van der Waals surface area contributed by atoms with Crippen LogP contribution in [0, 0.1) is 28.6 Å². The van der Waals surface area contributed by atoms with Gasteiger partial charge in [0.1, 0.15) is 11.5 Å². The Morgan fingerprint density at radius 1 is 1.10 bits per heavy atom. The smallest absolute Gasteiger partial charge is 0.155 e. The molecule has 0 N–H and O–H groups in total. The topological polar surface area (TPSA) is 43.4 Å². The number of fused-ring (bicyclic) bond motifs is 4. The lowest BCUT2D eigenvalue weighted by molar-refractivity contribution is -0.135. The van der Waals surface area contributed by atoms with Crippen LogP contribution in [0.5, 0.6) is 5.75 Å². The van der Waals surface area contributed by atoms with Gasteiger partial charge in [-0.15, -0.1) is 0 Å². The Hall–Kier alpha value is -1.90. The van der Waals surface area contributed by atoms with Gasteiger partial charge in [0.25, 0.3) is 0 Å². The quantitative estimate of drug-likeness (QED) is 0.676. The van der Waals surface area contributed by atoms with Crippen molar-refractivity contribution in [3.63, 3.8) is 0 Å². The van der Waals surface area contributed by atoms with E-state index in [0.29, 0.717) is 41.7 Å². The first kappa shape index (κ1) is 17.9. The molecule has 1 aromatic rings. The van der Waals surface area contributed by atoms with E-state index in [9.17, 15) is 9.59 Å². The zero-order valence-corrected chi connectivity index (χ0v) is 17.5. The van der Waals surface area contributed by atoms with Gasteiger partial charge in [0.15, 0.2) is 5.78 Å². The predicted molar refractivity (Wildman–Crippen MR) is 111 cm³/mol. The zero-order chi connectivity index (χ0) is 20.0. The molecule has 152 valence electrons. The number of ether oxygens (including phenoxy) is 1. The first-order valence-electron chi connectivity index (χ1n) is 11.4. The van der Waals surface area contributed by atoms with E-state index in [1.165, 1.54) is 16.7 Å². The van der Waals surface area contributed by atoms with Crippen LogP contribution in [-0.4, -0.2) is 18.7 Å². The van der Waals surface area contributed by atoms with Crippen LogP contribution < -0.4 is 4.74 Å². The molecule has 6 rings (SSSR count). The molecular weight excluding hydrogens is 360 g/mol. The van der Waals surface area contributed by atoms with Crippen LogP contribution in [0.25, 0.3) is 0 Å². The molecule has 1 spiro atoms. The van der Waals surface area contributed by atoms with Gasteiger partial charge in [-0.3, -0.25) is 9.59 Å². The fourth-order valence-electron chi connectivity index (χ4n) is 8.49. The van der Waals surface area contributed by atoms with Gasteiger partial charge in [0.05, 0.1) is 7.11 Å². The van der Waals surface area contributed by atoms with Crippen LogP contribution in [0.4, 0.5) is 0 Å². The Labute approximate surface area is 172 Å². The molecule has 29 heavy (non-hydrogen) atoms. The fraction of sp³-hybridized carbons (Fsp3) is 0.615. The van der Waals surface area contributed by atoms with E-state index < -0.39 is 0 Å². The van der Waals surface area contributed by atoms with Crippen LogP contribution in [-0.2, 0) is 16.0 Å². The van der Waals surface area contributed by atoms with Crippen molar-refractivity contribution in [3.05, 3.63) is 41.0 Å². The van der Waals surface area contributed by atoms with Crippen LogP contribution in [0.3, 0.4) is 0 Å². The van der Waals surface area contributed by atoms with E-state index >= 15 is 0 Å². The average Bonchev–Trinajstić information content (AvgIpc) is 3.02. The van der Waals surface area contributed by atoms with Crippen molar-refractivity contribution < 1.29 is 14.3 Å². The molecule has 0 bridgehead atoms. The molecule has 5 aliphatic rings. The van der Waals surface area contributed by atoms with Gasteiger partial charge >= 0.3 is 0 Å². The number of carbonyl (C=O) groups is 2. The third-order valence-electron chi connectivity index (χ3n) is 9.63. The lowest BCUT2D eigenvalue weighted by atomic mass is 9.40. The average molecular weight is 391 g/mol. The minimum atomic E-state index is -0.159. The molecule has 3 saturated carbocycles. The summed E-state index contributed by atoms with van der Waals surface area (Å²) in [6, 6.07) is 6.60. The van der Waals surface area contributed by atoms with Gasteiger partial charge < -0.3 is 4.74 Å². The van der Waals surface area contributed by atoms with Gasteiger partial charge in [0, 0.05) is 18.3 Å². The zero-order valence-electron chi connectivity index (χ0n) is 17.5. The lowest BCUT2D eigenvalue weighted by Crippen LogP contribution is -2.57. The lowest BCUT2D eigenvalue weighted by Gasteiger charge is -2.63. The standard InChI is InChI=1S/C26H30O3/c1-25-14-21-19-6-4-18(29-2)11-15(19)13-26-10-9-17(27)12-16(26)3-5-20(24(21)26)22(25)7-8-23(25)28/h4,6,11-12,20-22,24H,3,5,7-10,13-14H2,1-2H3/t20-,21+,22-,24+,25-,26+/m0/s1. The van der Waals surface area contributed by atoms with Crippen LogP contribution >= 0.6 is 0 Å². The van der Waals surface area contributed by atoms with Gasteiger partial charge in [-0.25, -0.2) is 0 Å². The number of Topliss-reactive ketones (excluding diaryl/α,β-unsaturated/α-hetero) is 1. The van der Waals surface area contributed by atoms with Crippen molar-refractivity contribution in [1.29, 1.82) is 0 Å². The van der Waals surface area contributed by atoms with Crippen LogP contribution in [0.15, 0.2) is 29.8 Å². The van der Waals surface area contributed by atoms with Crippen molar-refractivity contribution in [2.24, 2.45) is 28.6 Å². The molecule has 0 amide bonds. The highest BCUT2D eigenvalue weighted by Gasteiger charge is 2.64. The van der Waals surface area contributed by atoms with Crippen molar-refractivity contribution in [1.82, 2.24) is 0 Å². The maximum Gasteiger partial charge on any atom is 0.155 e. The molecule has 1 aromatic carbocycles. The highest BCUT2D eigenvalue weighted by Crippen LogP contribution is 2.70. The maximum absolute atomic E-state index is 13.0. The summed E-state index contributed by atoms with van der Waals surface area (Å²) in [5, 5.41) is 0. The summed E-state index contributed by atoms with van der Waals surface area (Å²) in [6.07, 6.45) is 9.74. The first-order chi connectivity index (χ1) is 14.0. The predicted octanol–water partition coefficient (Wildman–Crippen LogP) is 5.03. The monoisotopic (exact) mass is 390 g/mol. The molecule has 3 heteroatoms. The Morgan fingerprint density at radius 3 is 2.79 bits per heavy atom. The maximum atomic E-state index is 13.0. The number of benzene rings is 1. The second-order valence-corrected chi connectivity index (χ2v) is 10.6. The Kier molecular flexibility index (Phi) is 3.60. The molecule has 0 aromatic heterocycles. The summed E-state index contributed by atoms with van der Waals surface area (Å²) in [7, 11) is 1.73. The number of ketones is 2. The van der Waals surface area contributed by atoms with Gasteiger partial charge in [-0.05, 0) is 96.9 Å². The third-order valence-corrected chi connectivity index (χ3v) is 9.63. The van der Waals surface area contributed by atoms with Crippen LogP contribution in [0.1, 0.15) is 68.9 Å². The number of allylic oxidation sites excluding steroid dienone is 1. The van der Waals surface area contributed by atoms with Crippen molar-refractivity contribution in [3.8, 4) is 5.75 Å². The minimum absolute atomic E-state index is 0.119. The summed E-state index contributed by atoms with van der Waals surface area (Å²) >= 11 is 0. The second-order valence-electron chi connectivity index (χ2n) is 10.6. The van der Waals surface area contributed by atoms with Gasteiger partial charge in [-0.1, -0.05) is 18.6 Å². The van der Waals surface area contributed by atoms with Gasteiger partial charge in [-0.2, -0.15) is 0 Å². The van der Waals surface area contributed by atoms with E-state index in [-0.39, 0.29) is 10.8 Å².